The lowest BCUT2D eigenvalue weighted by atomic mass is 10.1. The number of anilines is 2. The minimum absolute atomic E-state index is 0.0638. The second-order valence-corrected chi connectivity index (χ2v) is 10.1. The van der Waals surface area contributed by atoms with Crippen LogP contribution in [0.15, 0.2) is 59.5 Å². The quantitative estimate of drug-likeness (QED) is 0.299. The summed E-state index contributed by atoms with van der Waals surface area (Å²) in [6.07, 6.45) is 0. The standard InChI is InChI=1S/C23H21ClN4O8S/c1-14-7-9-17(12-20(14)28(32)33)37(34,35)26(21-11-16(24)8-10-22(21)36-3)13-23(29)25-18-5-4-6-19(15(18)2)27(30)31/h4-12H,13H2,1-3H3,(H,25,29). The van der Waals surface area contributed by atoms with Gasteiger partial charge in [-0.3, -0.25) is 29.3 Å². The number of hydrogen-bond donors (Lipinski definition) is 1. The number of halogens is 1. The second kappa shape index (κ2) is 10.8. The summed E-state index contributed by atoms with van der Waals surface area (Å²) in [7, 11) is -3.28. The molecule has 14 heteroatoms. The van der Waals surface area contributed by atoms with E-state index in [9.17, 15) is 33.4 Å². The predicted octanol–water partition coefficient (Wildman–Crippen LogP) is 4.62. The summed E-state index contributed by atoms with van der Waals surface area (Å²) in [6, 6.07) is 11.6. The van der Waals surface area contributed by atoms with Crippen molar-refractivity contribution in [3.05, 3.63) is 91.0 Å². The zero-order valence-electron chi connectivity index (χ0n) is 19.8. The van der Waals surface area contributed by atoms with Crippen LogP contribution in [0.3, 0.4) is 0 Å². The van der Waals surface area contributed by atoms with Crippen molar-refractivity contribution in [2.75, 3.05) is 23.3 Å². The molecule has 3 aromatic carbocycles. The molecule has 0 aromatic heterocycles. The molecule has 0 saturated heterocycles. The number of rotatable bonds is 9. The van der Waals surface area contributed by atoms with Crippen LogP contribution in [0.4, 0.5) is 22.7 Å². The Morgan fingerprint density at radius 1 is 1.03 bits per heavy atom. The first kappa shape index (κ1) is 27.4. The van der Waals surface area contributed by atoms with Crippen molar-refractivity contribution < 1.29 is 27.8 Å². The Morgan fingerprint density at radius 2 is 1.70 bits per heavy atom. The molecule has 0 aliphatic carbocycles. The summed E-state index contributed by atoms with van der Waals surface area (Å²) in [5.41, 5.74) is -0.217. The maximum absolute atomic E-state index is 13.7. The zero-order chi connectivity index (χ0) is 27.5. The first-order valence-corrected chi connectivity index (χ1v) is 12.3. The summed E-state index contributed by atoms with van der Waals surface area (Å²) >= 11 is 6.10. The molecule has 0 radical (unpaired) electrons. The number of aryl methyl sites for hydroxylation is 1. The van der Waals surface area contributed by atoms with Crippen molar-refractivity contribution in [1.29, 1.82) is 0 Å². The molecule has 12 nitrogen and oxygen atoms in total. The van der Waals surface area contributed by atoms with Gasteiger partial charge in [0, 0.05) is 22.7 Å². The fourth-order valence-corrected chi connectivity index (χ4v) is 5.12. The van der Waals surface area contributed by atoms with Gasteiger partial charge in [0.2, 0.25) is 5.91 Å². The molecule has 0 unspecified atom stereocenters. The number of nitrogens with zero attached hydrogens (tertiary/aromatic N) is 3. The monoisotopic (exact) mass is 548 g/mol. The van der Waals surface area contributed by atoms with Gasteiger partial charge in [0.25, 0.3) is 21.4 Å². The van der Waals surface area contributed by atoms with Crippen molar-refractivity contribution in [2.45, 2.75) is 18.7 Å². The zero-order valence-corrected chi connectivity index (χ0v) is 21.4. The van der Waals surface area contributed by atoms with Gasteiger partial charge < -0.3 is 10.1 Å². The van der Waals surface area contributed by atoms with Gasteiger partial charge in [-0.2, -0.15) is 0 Å². The molecule has 194 valence electrons. The molecule has 0 atom stereocenters. The number of sulfonamides is 1. The van der Waals surface area contributed by atoms with E-state index in [1.54, 1.807) is 0 Å². The minimum Gasteiger partial charge on any atom is -0.495 e. The van der Waals surface area contributed by atoms with Crippen LogP contribution in [0.25, 0.3) is 0 Å². The van der Waals surface area contributed by atoms with Crippen molar-refractivity contribution in [3.8, 4) is 5.75 Å². The number of carbonyl (C=O) groups excluding carboxylic acids is 1. The molecular formula is C23H21ClN4O8S. The maximum atomic E-state index is 13.7. The number of benzene rings is 3. The Balaban J connectivity index is 2.11. The highest BCUT2D eigenvalue weighted by atomic mass is 35.5. The third kappa shape index (κ3) is 5.78. The maximum Gasteiger partial charge on any atom is 0.274 e. The summed E-state index contributed by atoms with van der Waals surface area (Å²) in [6.45, 7) is 2.09. The molecule has 0 spiro atoms. The summed E-state index contributed by atoms with van der Waals surface area (Å²) in [4.78, 5) is 34.0. The van der Waals surface area contributed by atoms with Gasteiger partial charge in [-0.15, -0.1) is 0 Å². The molecule has 37 heavy (non-hydrogen) atoms. The SMILES string of the molecule is COc1ccc(Cl)cc1N(CC(=O)Nc1cccc([N+](=O)[O-])c1C)S(=O)(=O)c1ccc(C)c([N+](=O)[O-])c1. The molecule has 3 aromatic rings. The Labute approximate surface area is 216 Å². The Hall–Kier alpha value is -4.23. The van der Waals surface area contributed by atoms with Crippen LogP contribution < -0.4 is 14.4 Å². The molecule has 0 fully saturated rings. The molecule has 0 heterocycles. The van der Waals surface area contributed by atoms with Crippen LogP contribution in [0.2, 0.25) is 5.02 Å². The molecule has 0 saturated carbocycles. The molecule has 1 amide bonds. The summed E-state index contributed by atoms with van der Waals surface area (Å²) < 4.78 is 33.4. The molecule has 0 aliphatic heterocycles. The van der Waals surface area contributed by atoms with Gasteiger partial charge in [-0.05, 0) is 44.2 Å². The van der Waals surface area contributed by atoms with Crippen LogP contribution in [-0.4, -0.2) is 37.8 Å². The lowest BCUT2D eigenvalue weighted by Crippen LogP contribution is -2.38. The lowest BCUT2D eigenvalue weighted by Gasteiger charge is -2.26. The van der Waals surface area contributed by atoms with Crippen molar-refractivity contribution in [3.63, 3.8) is 0 Å². The largest absolute Gasteiger partial charge is 0.495 e. The van der Waals surface area contributed by atoms with E-state index in [0.717, 1.165) is 6.07 Å². The number of nitro groups is 2. The number of carbonyl (C=O) groups is 1. The van der Waals surface area contributed by atoms with Gasteiger partial charge in [0.1, 0.15) is 12.3 Å². The van der Waals surface area contributed by atoms with E-state index >= 15 is 0 Å². The Morgan fingerprint density at radius 3 is 2.32 bits per heavy atom. The van der Waals surface area contributed by atoms with Gasteiger partial charge in [0.15, 0.2) is 0 Å². The smallest absolute Gasteiger partial charge is 0.274 e. The Bertz CT molecular complexity index is 1510. The topological polar surface area (TPSA) is 162 Å². The molecule has 1 N–H and O–H groups in total. The normalized spacial score (nSPS) is 11.0. The van der Waals surface area contributed by atoms with Crippen molar-refractivity contribution >= 4 is 50.3 Å². The fraction of sp³-hybridized carbons (Fsp3) is 0.174. The van der Waals surface area contributed by atoms with Crippen LogP contribution in [0, 0.1) is 34.1 Å². The van der Waals surface area contributed by atoms with Crippen molar-refractivity contribution in [1.82, 2.24) is 0 Å². The lowest BCUT2D eigenvalue weighted by molar-refractivity contribution is -0.385. The van der Waals surface area contributed by atoms with Gasteiger partial charge in [0.05, 0.1) is 38.8 Å². The minimum atomic E-state index is -4.57. The number of methoxy groups -OCH3 is 1. The van der Waals surface area contributed by atoms with Crippen LogP contribution in [0.5, 0.6) is 5.75 Å². The molecule has 3 rings (SSSR count). The second-order valence-electron chi connectivity index (χ2n) is 7.79. The molecule has 0 bridgehead atoms. The van der Waals surface area contributed by atoms with E-state index < -0.39 is 42.9 Å². The van der Waals surface area contributed by atoms with Crippen LogP contribution in [0.1, 0.15) is 11.1 Å². The van der Waals surface area contributed by atoms with Crippen LogP contribution in [-0.2, 0) is 14.8 Å². The number of nitro benzene ring substituents is 2. The van der Waals surface area contributed by atoms with E-state index in [4.69, 9.17) is 16.3 Å². The molecule has 0 aliphatic rings. The number of nitrogens with one attached hydrogen (secondary N) is 1. The Kier molecular flexibility index (Phi) is 7.99. The number of ether oxygens (including phenoxy) is 1. The van der Waals surface area contributed by atoms with Gasteiger partial charge >= 0.3 is 0 Å². The third-order valence-electron chi connectivity index (χ3n) is 5.44. The van der Waals surface area contributed by atoms with Gasteiger partial charge in [-0.1, -0.05) is 23.7 Å². The van der Waals surface area contributed by atoms with E-state index in [1.165, 1.54) is 69.5 Å². The highest BCUT2D eigenvalue weighted by Gasteiger charge is 2.31. The first-order chi connectivity index (χ1) is 17.4. The number of hydrogen-bond acceptors (Lipinski definition) is 8. The summed E-state index contributed by atoms with van der Waals surface area (Å²) in [5, 5.41) is 25.3. The fourth-order valence-electron chi connectivity index (χ4n) is 3.51. The summed E-state index contributed by atoms with van der Waals surface area (Å²) in [5.74, 6) is -0.773. The van der Waals surface area contributed by atoms with Crippen molar-refractivity contribution in [2.24, 2.45) is 0 Å². The average Bonchev–Trinajstić information content (AvgIpc) is 2.83. The van der Waals surface area contributed by atoms with E-state index in [1.807, 2.05) is 0 Å². The third-order valence-corrected chi connectivity index (χ3v) is 7.43. The van der Waals surface area contributed by atoms with Gasteiger partial charge in [-0.25, -0.2) is 8.42 Å². The van der Waals surface area contributed by atoms with E-state index in [2.05, 4.69) is 5.32 Å². The van der Waals surface area contributed by atoms with E-state index in [0.29, 0.717) is 4.31 Å². The average molecular weight is 549 g/mol. The predicted molar refractivity (Wildman–Crippen MR) is 137 cm³/mol. The first-order valence-electron chi connectivity index (χ1n) is 10.5. The highest BCUT2D eigenvalue weighted by molar-refractivity contribution is 7.92. The van der Waals surface area contributed by atoms with Crippen LogP contribution >= 0.6 is 11.6 Å². The molecular weight excluding hydrogens is 528 g/mol. The highest BCUT2D eigenvalue weighted by Crippen LogP contribution is 2.36. The number of amides is 1. The van der Waals surface area contributed by atoms with E-state index in [-0.39, 0.29) is 39.0 Å².